The Balaban J connectivity index is 2.48. The van der Waals surface area contributed by atoms with Gasteiger partial charge in [0, 0.05) is 12.8 Å². The molecule has 0 amide bonds. The monoisotopic (exact) mass is 300 g/mol. The van der Waals surface area contributed by atoms with E-state index in [1.165, 1.54) is 0 Å². The number of ketones is 1. The fraction of sp³-hybridized carbons (Fsp3) is 0.474. The van der Waals surface area contributed by atoms with Crippen LogP contribution >= 0.6 is 0 Å². The number of Topliss-reactive ketones (excluding diaryl/α,β-unsaturated/α-hetero) is 1. The second-order valence-electron chi connectivity index (χ2n) is 7.74. The molecule has 0 saturated heterocycles. The highest BCUT2D eigenvalue weighted by molar-refractivity contribution is 6.22. The second-order valence-corrected chi connectivity index (χ2v) is 7.74. The largest absolute Gasteiger partial charge is 0.430 e. The Morgan fingerprint density at radius 1 is 1.09 bits per heavy atom. The third-order valence-electron chi connectivity index (χ3n) is 3.73. The van der Waals surface area contributed by atoms with Crippen LogP contribution in [-0.4, -0.2) is 11.8 Å². The highest BCUT2D eigenvalue weighted by atomic mass is 16.5. The number of carbonyl (C=O) groups is 2. The second kappa shape index (κ2) is 5.71. The number of rotatable bonds is 2. The molecule has 0 aliphatic heterocycles. The lowest BCUT2D eigenvalue weighted by Crippen LogP contribution is -2.30. The first-order chi connectivity index (χ1) is 10.1. The normalized spacial score (nSPS) is 18.3. The van der Waals surface area contributed by atoms with Gasteiger partial charge in [0.25, 0.3) is 0 Å². The zero-order valence-electron chi connectivity index (χ0n) is 14.0. The Kier molecular flexibility index (Phi) is 4.28. The van der Waals surface area contributed by atoms with Crippen molar-refractivity contribution < 1.29 is 14.3 Å². The van der Waals surface area contributed by atoms with Crippen molar-refractivity contribution in [3.63, 3.8) is 0 Å². The van der Waals surface area contributed by atoms with Crippen LogP contribution in [0.15, 0.2) is 36.1 Å². The zero-order valence-corrected chi connectivity index (χ0v) is 14.0. The first-order valence-corrected chi connectivity index (χ1v) is 7.64. The summed E-state index contributed by atoms with van der Waals surface area (Å²) >= 11 is 0. The molecule has 1 aliphatic carbocycles. The molecule has 0 spiro atoms. The van der Waals surface area contributed by atoms with Crippen molar-refractivity contribution in [1.29, 1.82) is 0 Å². The lowest BCUT2D eigenvalue weighted by atomic mass is 9.75. The molecular weight excluding hydrogens is 276 g/mol. The summed E-state index contributed by atoms with van der Waals surface area (Å²) in [5.74, 6) is 0.243. The summed E-state index contributed by atoms with van der Waals surface area (Å²) in [7, 11) is 0. The number of hydrogen-bond donors (Lipinski definition) is 0. The van der Waals surface area contributed by atoms with Crippen molar-refractivity contribution in [2.24, 2.45) is 10.8 Å². The molecule has 0 unspecified atom stereocenters. The van der Waals surface area contributed by atoms with Crippen LogP contribution in [-0.2, 0) is 14.3 Å². The van der Waals surface area contributed by atoms with Crippen molar-refractivity contribution >= 4 is 17.3 Å². The Morgan fingerprint density at radius 2 is 1.68 bits per heavy atom. The highest BCUT2D eigenvalue weighted by Crippen LogP contribution is 2.41. The first-order valence-electron chi connectivity index (χ1n) is 7.64. The minimum absolute atomic E-state index is 0.0409. The van der Waals surface area contributed by atoms with Crippen LogP contribution < -0.4 is 0 Å². The molecule has 0 N–H and O–H groups in total. The molecule has 2 rings (SSSR count). The molecule has 0 aromatic heterocycles. The molecular formula is C19H24O3. The molecule has 0 radical (unpaired) electrons. The molecule has 1 aromatic carbocycles. The van der Waals surface area contributed by atoms with Gasteiger partial charge in [-0.3, -0.25) is 9.59 Å². The van der Waals surface area contributed by atoms with Gasteiger partial charge in [-0.1, -0.05) is 44.2 Å². The summed E-state index contributed by atoms with van der Waals surface area (Å²) in [6.45, 7) is 9.49. The fourth-order valence-electron chi connectivity index (χ4n) is 2.54. The first kappa shape index (κ1) is 16.5. The van der Waals surface area contributed by atoms with Gasteiger partial charge in [-0.2, -0.15) is 0 Å². The Bertz CT molecular complexity index is 616. The number of ether oxygens (including phenoxy) is 1. The van der Waals surface area contributed by atoms with Gasteiger partial charge in [-0.05, 0) is 31.7 Å². The quantitative estimate of drug-likeness (QED) is 0.761. The van der Waals surface area contributed by atoms with E-state index in [9.17, 15) is 9.59 Å². The minimum atomic E-state index is -0.598. The van der Waals surface area contributed by atoms with Gasteiger partial charge in [0.1, 0.15) is 5.76 Å². The summed E-state index contributed by atoms with van der Waals surface area (Å²) < 4.78 is 5.65. The van der Waals surface area contributed by atoms with Gasteiger partial charge >= 0.3 is 5.97 Å². The van der Waals surface area contributed by atoms with E-state index in [1.54, 1.807) is 0 Å². The summed E-state index contributed by atoms with van der Waals surface area (Å²) in [6, 6.07) is 9.45. The van der Waals surface area contributed by atoms with E-state index in [4.69, 9.17) is 4.74 Å². The maximum absolute atomic E-state index is 12.6. The predicted octanol–water partition coefficient (Wildman–Crippen LogP) is 4.38. The fourth-order valence-corrected chi connectivity index (χ4v) is 2.54. The van der Waals surface area contributed by atoms with Crippen LogP contribution in [0.25, 0.3) is 5.57 Å². The minimum Gasteiger partial charge on any atom is -0.430 e. The molecule has 0 saturated carbocycles. The van der Waals surface area contributed by atoms with Crippen molar-refractivity contribution in [3.05, 3.63) is 41.7 Å². The number of hydrogen-bond acceptors (Lipinski definition) is 3. The summed E-state index contributed by atoms with van der Waals surface area (Å²) in [4.78, 5) is 24.9. The lowest BCUT2D eigenvalue weighted by molar-refractivity contribution is -0.149. The summed E-state index contributed by atoms with van der Waals surface area (Å²) in [5, 5.41) is 0. The zero-order chi connectivity index (χ0) is 16.5. The van der Waals surface area contributed by atoms with Crippen molar-refractivity contribution in [1.82, 2.24) is 0 Å². The topological polar surface area (TPSA) is 43.4 Å². The van der Waals surface area contributed by atoms with E-state index < -0.39 is 5.41 Å². The number of allylic oxidation sites excluding steroid dienone is 2. The van der Waals surface area contributed by atoms with E-state index in [-0.39, 0.29) is 17.2 Å². The average molecular weight is 300 g/mol. The van der Waals surface area contributed by atoms with Crippen molar-refractivity contribution in [2.75, 3.05) is 0 Å². The Labute approximate surface area is 132 Å². The maximum atomic E-state index is 12.6. The van der Waals surface area contributed by atoms with E-state index in [1.807, 2.05) is 65.0 Å². The van der Waals surface area contributed by atoms with Crippen LogP contribution in [0.1, 0.15) is 53.0 Å². The molecule has 3 heteroatoms. The number of carbonyl (C=O) groups excluding carboxylic acids is 2. The molecule has 1 aliphatic rings. The number of benzene rings is 1. The van der Waals surface area contributed by atoms with Crippen molar-refractivity contribution in [2.45, 2.75) is 47.5 Å². The Morgan fingerprint density at radius 3 is 2.23 bits per heavy atom. The third kappa shape index (κ3) is 3.65. The number of esters is 1. The lowest BCUT2D eigenvalue weighted by Gasteiger charge is -2.32. The summed E-state index contributed by atoms with van der Waals surface area (Å²) in [5.41, 5.74) is 0.583. The van der Waals surface area contributed by atoms with Gasteiger partial charge in [0.2, 0.25) is 0 Å². The van der Waals surface area contributed by atoms with Crippen LogP contribution in [0.2, 0.25) is 0 Å². The predicted molar refractivity (Wildman–Crippen MR) is 86.9 cm³/mol. The van der Waals surface area contributed by atoms with Crippen LogP contribution in [0, 0.1) is 10.8 Å². The van der Waals surface area contributed by atoms with E-state index in [0.29, 0.717) is 24.2 Å². The van der Waals surface area contributed by atoms with Crippen LogP contribution in [0.4, 0.5) is 0 Å². The van der Waals surface area contributed by atoms with E-state index in [2.05, 4.69) is 0 Å². The SMILES string of the molecule is CC1(C)CC(=O)C(c2ccccc2)=C(OC(=O)C(C)(C)C)C1. The van der Waals surface area contributed by atoms with Gasteiger partial charge < -0.3 is 4.74 Å². The molecule has 0 atom stereocenters. The molecule has 1 aromatic rings. The van der Waals surface area contributed by atoms with Crippen molar-refractivity contribution in [3.8, 4) is 0 Å². The molecule has 118 valence electrons. The van der Waals surface area contributed by atoms with Gasteiger partial charge in [-0.25, -0.2) is 0 Å². The van der Waals surface area contributed by atoms with Crippen LogP contribution in [0.3, 0.4) is 0 Å². The smallest absolute Gasteiger partial charge is 0.316 e. The standard InChI is InChI=1S/C19H24O3/c1-18(2,3)17(21)22-15-12-19(4,5)11-14(20)16(15)13-9-7-6-8-10-13/h6-10H,11-12H2,1-5H3. The molecule has 0 heterocycles. The van der Waals surface area contributed by atoms with Crippen LogP contribution in [0.5, 0.6) is 0 Å². The molecule has 0 fully saturated rings. The molecule has 22 heavy (non-hydrogen) atoms. The third-order valence-corrected chi connectivity index (χ3v) is 3.73. The van der Waals surface area contributed by atoms with E-state index >= 15 is 0 Å². The average Bonchev–Trinajstić information content (AvgIpc) is 2.36. The van der Waals surface area contributed by atoms with Gasteiger partial charge in [-0.15, -0.1) is 0 Å². The van der Waals surface area contributed by atoms with E-state index in [0.717, 1.165) is 5.56 Å². The Hall–Kier alpha value is -1.90. The highest BCUT2D eigenvalue weighted by Gasteiger charge is 2.36. The molecule has 0 bridgehead atoms. The molecule has 3 nitrogen and oxygen atoms in total. The van der Waals surface area contributed by atoms with Gasteiger partial charge in [0.15, 0.2) is 5.78 Å². The summed E-state index contributed by atoms with van der Waals surface area (Å²) in [6.07, 6.45) is 1.05. The maximum Gasteiger partial charge on any atom is 0.316 e. The van der Waals surface area contributed by atoms with Gasteiger partial charge in [0.05, 0.1) is 11.0 Å².